The van der Waals surface area contributed by atoms with E-state index in [0.29, 0.717) is 77.6 Å². The first kappa shape index (κ1) is 56.7. The van der Waals surface area contributed by atoms with Crippen LogP contribution in [0, 0.1) is 0 Å². The number of esters is 2. The molecule has 0 atom stereocenters. The Balaban J connectivity index is 0.981. The standard InChI is InChI=1S/C65H68N4O10/c1-4-62(70)77-34-13-9-7-11-32-74-52-25-21-50(22-26-52)66-44-47-18-29-56-57-30-19-48(45-67-51-23-27-53(28-24-51)75-33-12-8-10-14-35-78-63(71)5-2)41-59(57)65-64(58(56)40-47)68-60-31-20-49(42-61(60)69-65)46-79-55-17-15-16-54(43-55)76-39-38-73-37-36-72-6-3/h4-5,15-31,40-45H,1-2,6-14,32-39,46H2,3H3/b66-44+,67-45+. The van der Waals surface area contributed by atoms with E-state index in [9.17, 15) is 9.59 Å². The molecule has 0 radical (unpaired) electrons. The van der Waals surface area contributed by atoms with Gasteiger partial charge in [-0.05, 0) is 171 Å². The number of aromatic nitrogens is 2. The lowest BCUT2D eigenvalue weighted by Gasteiger charge is -2.13. The molecule has 0 amide bonds. The average Bonchev–Trinajstić information content (AvgIpc) is 3.68. The molecule has 0 saturated heterocycles. The lowest BCUT2D eigenvalue weighted by molar-refractivity contribution is -0.138. The highest BCUT2D eigenvalue weighted by Gasteiger charge is 2.15. The number of nitrogens with zero attached hydrogens (tertiary/aromatic N) is 4. The van der Waals surface area contributed by atoms with E-state index < -0.39 is 0 Å². The summed E-state index contributed by atoms with van der Waals surface area (Å²) in [6.45, 7) is 13.8. The molecule has 0 bridgehead atoms. The number of ether oxygens (including phenoxy) is 8. The molecule has 79 heavy (non-hydrogen) atoms. The van der Waals surface area contributed by atoms with Gasteiger partial charge in [0.25, 0.3) is 0 Å². The first-order chi connectivity index (χ1) is 38.8. The number of rotatable bonds is 33. The highest BCUT2D eigenvalue weighted by atomic mass is 16.5. The maximum absolute atomic E-state index is 11.2. The van der Waals surface area contributed by atoms with Crippen LogP contribution in [0.15, 0.2) is 163 Å². The van der Waals surface area contributed by atoms with Crippen molar-refractivity contribution in [1.82, 2.24) is 9.97 Å². The summed E-state index contributed by atoms with van der Waals surface area (Å²) in [6.07, 6.45) is 13.4. The van der Waals surface area contributed by atoms with Crippen molar-refractivity contribution in [2.45, 2.75) is 64.9 Å². The van der Waals surface area contributed by atoms with E-state index in [0.717, 1.165) is 135 Å². The van der Waals surface area contributed by atoms with Gasteiger partial charge in [0.2, 0.25) is 0 Å². The smallest absolute Gasteiger partial charge is 0.330 e. The maximum atomic E-state index is 11.2. The van der Waals surface area contributed by atoms with E-state index in [1.54, 1.807) is 0 Å². The zero-order valence-corrected chi connectivity index (χ0v) is 44.9. The van der Waals surface area contributed by atoms with Crippen molar-refractivity contribution in [3.8, 4) is 23.0 Å². The minimum Gasteiger partial charge on any atom is -0.494 e. The minimum absolute atomic E-state index is 0.321. The van der Waals surface area contributed by atoms with Crippen LogP contribution in [-0.2, 0) is 35.1 Å². The van der Waals surface area contributed by atoms with Crippen molar-refractivity contribution in [2.75, 3.05) is 59.5 Å². The monoisotopic (exact) mass is 1060 g/mol. The summed E-state index contributed by atoms with van der Waals surface area (Å²) in [5.41, 5.74) is 7.44. The zero-order chi connectivity index (χ0) is 54.9. The quantitative estimate of drug-likeness (QED) is 0.00959. The van der Waals surface area contributed by atoms with Gasteiger partial charge in [-0.2, -0.15) is 0 Å². The lowest BCUT2D eigenvalue weighted by Crippen LogP contribution is -2.10. The fourth-order valence-corrected chi connectivity index (χ4v) is 8.63. The molecule has 0 saturated carbocycles. The van der Waals surface area contributed by atoms with Gasteiger partial charge in [0.15, 0.2) is 0 Å². The fourth-order valence-electron chi connectivity index (χ4n) is 8.63. The summed E-state index contributed by atoms with van der Waals surface area (Å²) in [7, 11) is 0. The van der Waals surface area contributed by atoms with Crippen LogP contribution in [0.1, 0.15) is 75.0 Å². The van der Waals surface area contributed by atoms with Crippen molar-refractivity contribution in [2.24, 2.45) is 9.98 Å². The summed E-state index contributed by atoms with van der Waals surface area (Å²) in [5, 5.41) is 4.00. The first-order valence-corrected chi connectivity index (χ1v) is 27.1. The predicted octanol–water partition coefficient (Wildman–Crippen LogP) is 13.9. The molecule has 0 aliphatic heterocycles. The van der Waals surface area contributed by atoms with Crippen LogP contribution < -0.4 is 18.9 Å². The number of aliphatic imine (C=N–C) groups is 2. The molecule has 0 N–H and O–H groups in total. The molecule has 14 nitrogen and oxygen atoms in total. The van der Waals surface area contributed by atoms with Crippen LogP contribution >= 0.6 is 0 Å². The molecule has 0 spiro atoms. The molecular formula is C65H68N4O10. The van der Waals surface area contributed by atoms with Gasteiger partial charge in [-0.25, -0.2) is 19.6 Å². The van der Waals surface area contributed by atoms with Crippen molar-refractivity contribution in [3.63, 3.8) is 0 Å². The third kappa shape index (κ3) is 17.5. The molecule has 1 heterocycles. The van der Waals surface area contributed by atoms with Crippen molar-refractivity contribution in [1.29, 1.82) is 0 Å². The Morgan fingerprint density at radius 2 is 0.949 bits per heavy atom. The van der Waals surface area contributed by atoms with E-state index >= 15 is 0 Å². The number of benzene rings is 7. The second kappa shape index (κ2) is 30.5. The second-order valence-corrected chi connectivity index (χ2v) is 18.5. The van der Waals surface area contributed by atoms with Crippen molar-refractivity contribution in [3.05, 3.63) is 169 Å². The van der Waals surface area contributed by atoms with Crippen LogP contribution in [0.2, 0.25) is 0 Å². The SMILES string of the molecule is C=CC(=O)OCCCCCCOc1ccc(/N=C/c2ccc3c4ccc(/C=N/c5ccc(OCCCCCCOC(=O)C=C)cc5)cc4c4nc5cc(COc6cccc(OCCOCCOCC)c6)ccc5nc4c3c2)cc1. The highest BCUT2D eigenvalue weighted by molar-refractivity contribution is 6.25. The van der Waals surface area contributed by atoms with Crippen molar-refractivity contribution < 1.29 is 47.5 Å². The largest absolute Gasteiger partial charge is 0.494 e. The van der Waals surface area contributed by atoms with Gasteiger partial charge in [0.05, 0.1) is 79.7 Å². The summed E-state index contributed by atoms with van der Waals surface area (Å²) in [5.74, 6) is 2.19. The zero-order valence-electron chi connectivity index (χ0n) is 44.9. The van der Waals surface area contributed by atoms with E-state index in [4.69, 9.17) is 57.8 Å². The Hall–Kier alpha value is -8.46. The molecular weight excluding hydrogens is 997 g/mol. The third-order valence-corrected chi connectivity index (χ3v) is 12.7. The Bertz CT molecular complexity index is 3360. The number of fused-ring (bicyclic) bond motifs is 7. The van der Waals surface area contributed by atoms with Crippen molar-refractivity contribution >= 4 is 79.4 Å². The van der Waals surface area contributed by atoms with Crippen LogP contribution in [0.25, 0.3) is 43.6 Å². The van der Waals surface area contributed by atoms with Crippen LogP contribution in [-0.4, -0.2) is 93.8 Å². The Labute approximate surface area is 461 Å². The molecule has 8 rings (SSSR count). The van der Waals surface area contributed by atoms with Crippen LogP contribution in [0.4, 0.5) is 11.4 Å². The van der Waals surface area contributed by atoms with Gasteiger partial charge in [0, 0.05) is 48.0 Å². The summed E-state index contributed by atoms with van der Waals surface area (Å²) in [6, 6.07) is 41.9. The molecule has 408 valence electrons. The summed E-state index contributed by atoms with van der Waals surface area (Å²) in [4.78, 5) is 42.8. The lowest BCUT2D eigenvalue weighted by atomic mass is 9.96. The molecule has 8 aromatic rings. The van der Waals surface area contributed by atoms with Gasteiger partial charge in [-0.1, -0.05) is 49.6 Å². The third-order valence-electron chi connectivity index (χ3n) is 12.7. The molecule has 0 fully saturated rings. The predicted molar refractivity (Wildman–Crippen MR) is 313 cm³/mol. The minimum atomic E-state index is -0.386. The van der Waals surface area contributed by atoms with Gasteiger partial charge >= 0.3 is 11.9 Å². The number of hydrogen-bond acceptors (Lipinski definition) is 14. The van der Waals surface area contributed by atoms with Gasteiger partial charge in [-0.15, -0.1) is 0 Å². The van der Waals surface area contributed by atoms with Crippen LogP contribution in [0.5, 0.6) is 23.0 Å². The van der Waals surface area contributed by atoms with E-state index in [1.807, 2.05) is 110 Å². The molecule has 0 aliphatic carbocycles. The van der Waals surface area contributed by atoms with E-state index in [1.165, 1.54) is 12.2 Å². The Morgan fingerprint density at radius 3 is 1.49 bits per heavy atom. The number of carbonyl (C=O) groups is 2. The molecule has 1 aromatic heterocycles. The van der Waals surface area contributed by atoms with E-state index in [-0.39, 0.29) is 11.9 Å². The topological polar surface area (TPSA) is 158 Å². The number of hydrogen-bond donors (Lipinski definition) is 0. The van der Waals surface area contributed by atoms with Gasteiger partial charge in [0.1, 0.15) is 36.2 Å². The average molecular weight is 1070 g/mol. The summed E-state index contributed by atoms with van der Waals surface area (Å²) < 4.78 is 45.2. The van der Waals surface area contributed by atoms with Gasteiger partial charge < -0.3 is 37.9 Å². The molecule has 0 unspecified atom stereocenters. The maximum Gasteiger partial charge on any atom is 0.330 e. The normalized spacial score (nSPS) is 11.5. The first-order valence-electron chi connectivity index (χ1n) is 27.1. The Morgan fingerprint density at radius 1 is 0.456 bits per heavy atom. The van der Waals surface area contributed by atoms with Crippen LogP contribution in [0.3, 0.4) is 0 Å². The molecule has 14 heteroatoms. The highest BCUT2D eigenvalue weighted by Crippen LogP contribution is 2.36. The molecule has 7 aromatic carbocycles. The number of unbranched alkanes of at least 4 members (excludes halogenated alkanes) is 6. The second-order valence-electron chi connectivity index (χ2n) is 18.5. The Kier molecular flexibility index (Phi) is 21.9. The number of carbonyl (C=O) groups excluding carboxylic acids is 2. The molecule has 0 aliphatic rings. The van der Waals surface area contributed by atoms with Gasteiger partial charge in [-0.3, -0.25) is 9.98 Å². The van der Waals surface area contributed by atoms with E-state index in [2.05, 4.69) is 49.6 Å². The fraction of sp³-hybridized carbons (Fsp3) is 0.292. The summed E-state index contributed by atoms with van der Waals surface area (Å²) >= 11 is 0.